The third kappa shape index (κ3) is 3.90. The maximum absolute atomic E-state index is 13.6. The standard InChI is InChI=1S/C23H28FN3O/c1-25(2)13-14-26-15-16-27(21-6-4-3-5-20(21)26)23(28)22(17-7-8-17)18-9-11-19(24)12-10-18/h3-6,9-12,17,22H,7-8,13-16H2,1-2H3. The number of rotatable bonds is 6. The number of halogens is 1. The number of carbonyl (C=O) groups excluding carboxylic acids is 1. The number of hydrogen-bond donors (Lipinski definition) is 0. The predicted octanol–water partition coefficient (Wildman–Crippen LogP) is 3.73. The topological polar surface area (TPSA) is 26.8 Å². The Balaban J connectivity index is 1.61. The molecule has 28 heavy (non-hydrogen) atoms. The van der Waals surface area contributed by atoms with E-state index in [1.807, 2.05) is 23.1 Å². The average molecular weight is 381 g/mol. The van der Waals surface area contributed by atoms with Crippen LogP contribution in [-0.2, 0) is 4.79 Å². The molecule has 4 rings (SSSR count). The fraction of sp³-hybridized carbons (Fsp3) is 0.435. The zero-order valence-corrected chi connectivity index (χ0v) is 16.6. The summed E-state index contributed by atoms with van der Waals surface area (Å²) in [5.74, 6) is 0.0818. The van der Waals surface area contributed by atoms with Gasteiger partial charge in [0, 0.05) is 26.2 Å². The summed E-state index contributed by atoms with van der Waals surface area (Å²) in [7, 11) is 4.16. The number of hydrogen-bond acceptors (Lipinski definition) is 3. The molecule has 1 aliphatic heterocycles. The van der Waals surface area contributed by atoms with E-state index in [9.17, 15) is 9.18 Å². The first-order valence-electron chi connectivity index (χ1n) is 10.1. The molecule has 5 heteroatoms. The van der Waals surface area contributed by atoms with Crippen LogP contribution in [0.2, 0.25) is 0 Å². The number of para-hydroxylation sites is 2. The second-order valence-corrected chi connectivity index (χ2v) is 8.14. The maximum atomic E-state index is 13.6. The van der Waals surface area contributed by atoms with Crippen molar-refractivity contribution in [3.8, 4) is 0 Å². The Hall–Kier alpha value is -2.40. The fourth-order valence-electron chi connectivity index (χ4n) is 4.09. The van der Waals surface area contributed by atoms with Crippen LogP contribution in [0.4, 0.5) is 15.8 Å². The number of carbonyl (C=O) groups is 1. The molecule has 1 saturated carbocycles. The zero-order chi connectivity index (χ0) is 19.7. The van der Waals surface area contributed by atoms with Gasteiger partial charge >= 0.3 is 0 Å². The van der Waals surface area contributed by atoms with Crippen LogP contribution in [0.5, 0.6) is 0 Å². The Morgan fingerprint density at radius 2 is 1.75 bits per heavy atom. The van der Waals surface area contributed by atoms with E-state index in [1.54, 1.807) is 12.1 Å². The Morgan fingerprint density at radius 3 is 2.39 bits per heavy atom. The highest BCUT2D eigenvalue weighted by Crippen LogP contribution is 2.45. The summed E-state index contributed by atoms with van der Waals surface area (Å²) >= 11 is 0. The van der Waals surface area contributed by atoms with Crippen LogP contribution in [0.15, 0.2) is 48.5 Å². The van der Waals surface area contributed by atoms with Crippen LogP contribution in [0.3, 0.4) is 0 Å². The SMILES string of the molecule is CN(C)CCN1CCN(C(=O)C(c2ccc(F)cc2)C2CC2)c2ccccc21. The van der Waals surface area contributed by atoms with Gasteiger partial charge in [-0.15, -0.1) is 0 Å². The van der Waals surface area contributed by atoms with Gasteiger partial charge in [0.1, 0.15) is 5.82 Å². The Bertz CT molecular complexity index is 832. The average Bonchev–Trinajstić information content (AvgIpc) is 3.52. The molecule has 0 N–H and O–H groups in total. The van der Waals surface area contributed by atoms with Gasteiger partial charge in [0.15, 0.2) is 0 Å². The minimum absolute atomic E-state index is 0.147. The van der Waals surface area contributed by atoms with Crippen LogP contribution >= 0.6 is 0 Å². The Labute approximate surface area is 166 Å². The van der Waals surface area contributed by atoms with Crippen molar-refractivity contribution in [1.82, 2.24) is 4.90 Å². The summed E-state index contributed by atoms with van der Waals surface area (Å²) in [6.45, 7) is 3.43. The molecule has 1 aliphatic carbocycles. The smallest absolute Gasteiger partial charge is 0.234 e. The van der Waals surface area contributed by atoms with E-state index < -0.39 is 0 Å². The van der Waals surface area contributed by atoms with Gasteiger partial charge in [-0.2, -0.15) is 0 Å². The number of likely N-dealkylation sites (N-methyl/N-ethyl adjacent to an activating group) is 1. The fourth-order valence-corrected chi connectivity index (χ4v) is 4.09. The third-order valence-corrected chi connectivity index (χ3v) is 5.78. The number of fused-ring (bicyclic) bond motifs is 1. The first-order chi connectivity index (χ1) is 13.5. The van der Waals surface area contributed by atoms with Crippen molar-refractivity contribution in [3.63, 3.8) is 0 Å². The van der Waals surface area contributed by atoms with Crippen LogP contribution in [0, 0.1) is 11.7 Å². The zero-order valence-electron chi connectivity index (χ0n) is 16.6. The van der Waals surface area contributed by atoms with E-state index in [2.05, 4.69) is 30.0 Å². The molecule has 2 aromatic rings. The molecule has 0 saturated heterocycles. The molecule has 1 amide bonds. The summed E-state index contributed by atoms with van der Waals surface area (Å²) in [6.07, 6.45) is 2.14. The molecule has 2 aromatic carbocycles. The van der Waals surface area contributed by atoms with E-state index in [1.165, 1.54) is 12.1 Å². The van der Waals surface area contributed by atoms with E-state index in [0.717, 1.165) is 49.4 Å². The van der Waals surface area contributed by atoms with Crippen molar-refractivity contribution < 1.29 is 9.18 Å². The molecular weight excluding hydrogens is 353 g/mol. The number of amides is 1. The monoisotopic (exact) mass is 381 g/mol. The molecule has 2 aliphatic rings. The van der Waals surface area contributed by atoms with Crippen molar-refractivity contribution in [2.45, 2.75) is 18.8 Å². The third-order valence-electron chi connectivity index (χ3n) is 5.78. The molecule has 1 atom stereocenters. The number of anilines is 2. The van der Waals surface area contributed by atoms with Crippen molar-refractivity contribution >= 4 is 17.3 Å². The van der Waals surface area contributed by atoms with Gasteiger partial charge in [0.2, 0.25) is 5.91 Å². The van der Waals surface area contributed by atoms with Gasteiger partial charge in [0.05, 0.1) is 17.3 Å². The lowest BCUT2D eigenvalue weighted by Gasteiger charge is -2.39. The van der Waals surface area contributed by atoms with E-state index >= 15 is 0 Å². The lowest BCUT2D eigenvalue weighted by Crippen LogP contribution is -2.47. The quantitative estimate of drug-likeness (QED) is 0.763. The minimum Gasteiger partial charge on any atom is -0.367 e. The van der Waals surface area contributed by atoms with Gasteiger partial charge in [-0.1, -0.05) is 24.3 Å². The Kier molecular flexibility index (Phi) is 5.36. The highest BCUT2D eigenvalue weighted by Gasteiger charge is 2.41. The van der Waals surface area contributed by atoms with Gasteiger partial charge in [-0.3, -0.25) is 4.79 Å². The first-order valence-corrected chi connectivity index (χ1v) is 10.1. The molecule has 148 valence electrons. The summed E-state index contributed by atoms with van der Waals surface area (Å²) < 4.78 is 13.4. The van der Waals surface area contributed by atoms with E-state index in [-0.39, 0.29) is 17.6 Å². The van der Waals surface area contributed by atoms with Crippen molar-refractivity contribution in [2.24, 2.45) is 5.92 Å². The van der Waals surface area contributed by atoms with Gasteiger partial charge < -0.3 is 14.7 Å². The number of benzene rings is 2. The molecule has 4 nitrogen and oxygen atoms in total. The molecule has 0 spiro atoms. The lowest BCUT2D eigenvalue weighted by molar-refractivity contribution is -0.120. The highest BCUT2D eigenvalue weighted by atomic mass is 19.1. The van der Waals surface area contributed by atoms with Crippen molar-refractivity contribution in [1.29, 1.82) is 0 Å². The molecule has 0 aromatic heterocycles. The summed E-state index contributed by atoms with van der Waals surface area (Å²) in [5.41, 5.74) is 3.05. The number of nitrogens with zero attached hydrogens (tertiary/aromatic N) is 3. The van der Waals surface area contributed by atoms with Gasteiger partial charge in [-0.25, -0.2) is 4.39 Å². The molecule has 1 heterocycles. The van der Waals surface area contributed by atoms with Gasteiger partial charge in [-0.05, 0) is 62.7 Å². The largest absolute Gasteiger partial charge is 0.367 e. The second-order valence-electron chi connectivity index (χ2n) is 8.14. The molecule has 0 bridgehead atoms. The van der Waals surface area contributed by atoms with Gasteiger partial charge in [0.25, 0.3) is 0 Å². The molecule has 1 unspecified atom stereocenters. The lowest BCUT2D eigenvalue weighted by atomic mass is 9.92. The van der Waals surface area contributed by atoms with Crippen molar-refractivity contribution in [2.75, 3.05) is 50.1 Å². The van der Waals surface area contributed by atoms with Crippen LogP contribution in [-0.4, -0.2) is 51.1 Å². The summed E-state index contributed by atoms with van der Waals surface area (Å²) in [4.78, 5) is 20.1. The normalized spacial score (nSPS) is 17.6. The highest BCUT2D eigenvalue weighted by molar-refractivity contribution is 6.02. The molecular formula is C23H28FN3O. The van der Waals surface area contributed by atoms with Crippen LogP contribution in [0.25, 0.3) is 0 Å². The predicted molar refractivity (Wildman–Crippen MR) is 111 cm³/mol. The molecule has 0 radical (unpaired) electrons. The first kappa shape index (κ1) is 18.9. The molecule has 1 fully saturated rings. The van der Waals surface area contributed by atoms with Crippen LogP contribution in [0.1, 0.15) is 24.3 Å². The summed E-state index contributed by atoms with van der Waals surface area (Å²) in [5, 5.41) is 0. The van der Waals surface area contributed by atoms with E-state index in [0.29, 0.717) is 12.5 Å². The summed E-state index contributed by atoms with van der Waals surface area (Å²) in [6, 6.07) is 14.7. The van der Waals surface area contributed by atoms with Crippen molar-refractivity contribution in [3.05, 3.63) is 59.9 Å². The minimum atomic E-state index is -0.259. The second kappa shape index (κ2) is 7.92. The Morgan fingerprint density at radius 1 is 1.07 bits per heavy atom. The van der Waals surface area contributed by atoms with E-state index in [4.69, 9.17) is 0 Å². The van der Waals surface area contributed by atoms with Crippen LogP contribution < -0.4 is 9.80 Å². The maximum Gasteiger partial charge on any atom is 0.234 e.